The molecule has 1 amide bonds. The number of unbranched alkanes of at least 4 members (excludes halogenated alkanes) is 2. The average Bonchev–Trinajstić information content (AvgIpc) is 3.21. The summed E-state index contributed by atoms with van der Waals surface area (Å²) in [6.45, 7) is 8.92. The molecular formula is C43H58N2O10. The van der Waals surface area contributed by atoms with Gasteiger partial charge in [-0.1, -0.05) is 73.1 Å². The maximum absolute atomic E-state index is 13.9. The molecule has 0 spiro atoms. The first-order valence-corrected chi connectivity index (χ1v) is 19.5. The van der Waals surface area contributed by atoms with Gasteiger partial charge in [0.25, 0.3) is 0 Å². The van der Waals surface area contributed by atoms with Gasteiger partial charge in [-0.2, -0.15) is 0 Å². The fourth-order valence-electron chi connectivity index (χ4n) is 8.47. The van der Waals surface area contributed by atoms with E-state index in [1.54, 1.807) is 17.1 Å². The normalized spacial score (nSPS) is 24.5. The van der Waals surface area contributed by atoms with Crippen LogP contribution >= 0.6 is 0 Å². The summed E-state index contributed by atoms with van der Waals surface area (Å²) < 4.78 is 31.3. The molecule has 1 saturated carbocycles. The Hall–Kier alpha value is -4.20. The molecule has 300 valence electrons. The SMILES string of the molecule is C=CCOc1ccc2c(c1)[C@H]1[C@H](CCCCO)[C@@H](CCCCO)C=C3C(=NOCc4ccccc4)C[C@H](N(CCOCCO)C(=O)OC)[C@@](OCC=C)(O2)[C@H]31. The molecule has 1 fully saturated rings. The number of aliphatic hydroxyl groups is 3. The van der Waals surface area contributed by atoms with Gasteiger partial charge in [0.05, 0.1) is 45.2 Å². The van der Waals surface area contributed by atoms with Crippen molar-refractivity contribution in [2.45, 2.75) is 69.3 Å². The summed E-state index contributed by atoms with van der Waals surface area (Å²) in [6, 6.07) is 14.9. The number of hydrogen-bond donors (Lipinski definition) is 3. The van der Waals surface area contributed by atoms with Gasteiger partial charge in [-0.25, -0.2) is 4.79 Å². The molecule has 0 bridgehead atoms. The molecular weight excluding hydrogens is 704 g/mol. The highest BCUT2D eigenvalue weighted by atomic mass is 16.7. The van der Waals surface area contributed by atoms with E-state index in [1.807, 2.05) is 48.5 Å². The Balaban J connectivity index is 1.75. The van der Waals surface area contributed by atoms with Gasteiger partial charge >= 0.3 is 6.09 Å². The number of carbonyl (C=O) groups excluding carboxylic acids is 1. The van der Waals surface area contributed by atoms with Gasteiger partial charge in [-0.05, 0) is 66.9 Å². The third kappa shape index (κ3) is 9.98. The van der Waals surface area contributed by atoms with Crippen molar-refractivity contribution >= 4 is 11.8 Å². The quantitative estimate of drug-likeness (QED) is 0.0683. The van der Waals surface area contributed by atoms with E-state index in [0.717, 1.165) is 42.4 Å². The molecule has 12 nitrogen and oxygen atoms in total. The Kier molecular flexibility index (Phi) is 16.2. The van der Waals surface area contributed by atoms with Crippen molar-refractivity contribution in [2.75, 3.05) is 59.9 Å². The van der Waals surface area contributed by atoms with Gasteiger partial charge in [0, 0.05) is 37.7 Å². The van der Waals surface area contributed by atoms with E-state index in [1.165, 1.54) is 7.11 Å². The lowest BCUT2D eigenvalue weighted by molar-refractivity contribution is -0.256. The van der Waals surface area contributed by atoms with Crippen molar-refractivity contribution in [3.63, 3.8) is 0 Å². The van der Waals surface area contributed by atoms with Gasteiger partial charge in [0.15, 0.2) is 0 Å². The molecule has 2 aromatic rings. The molecule has 1 heterocycles. The van der Waals surface area contributed by atoms with Crippen LogP contribution in [0.25, 0.3) is 0 Å². The van der Waals surface area contributed by atoms with Crippen LogP contribution < -0.4 is 9.47 Å². The molecule has 0 radical (unpaired) electrons. The second-order valence-electron chi connectivity index (χ2n) is 14.1. The third-order valence-electron chi connectivity index (χ3n) is 10.8. The van der Waals surface area contributed by atoms with Crippen LogP contribution in [-0.2, 0) is 25.7 Å². The molecule has 6 atom stereocenters. The zero-order chi connectivity index (χ0) is 39.0. The predicted octanol–water partition coefficient (Wildman–Crippen LogP) is 6.16. The lowest BCUT2D eigenvalue weighted by Crippen LogP contribution is -2.70. The minimum absolute atomic E-state index is 0.0627. The largest absolute Gasteiger partial charge is 0.490 e. The van der Waals surface area contributed by atoms with Crippen molar-refractivity contribution in [1.82, 2.24) is 4.90 Å². The maximum Gasteiger partial charge on any atom is 0.410 e. The Morgan fingerprint density at radius 2 is 1.75 bits per heavy atom. The highest BCUT2D eigenvalue weighted by Gasteiger charge is 2.65. The van der Waals surface area contributed by atoms with Crippen molar-refractivity contribution in [1.29, 1.82) is 0 Å². The minimum Gasteiger partial charge on any atom is -0.490 e. The Labute approximate surface area is 325 Å². The van der Waals surface area contributed by atoms with E-state index in [9.17, 15) is 20.1 Å². The molecule has 3 N–H and O–H groups in total. The first-order chi connectivity index (χ1) is 27.0. The zero-order valence-corrected chi connectivity index (χ0v) is 32.1. The Morgan fingerprint density at radius 3 is 2.45 bits per heavy atom. The van der Waals surface area contributed by atoms with Crippen LogP contribution in [0.1, 0.15) is 62.0 Å². The first kappa shape index (κ1) is 42.0. The molecule has 0 aromatic heterocycles. The van der Waals surface area contributed by atoms with Crippen LogP contribution in [0.2, 0.25) is 0 Å². The van der Waals surface area contributed by atoms with Crippen LogP contribution in [0, 0.1) is 17.8 Å². The highest BCUT2D eigenvalue weighted by Crippen LogP contribution is 2.62. The van der Waals surface area contributed by atoms with E-state index >= 15 is 0 Å². The molecule has 2 aliphatic carbocycles. The molecule has 0 unspecified atom stereocenters. The molecule has 0 saturated heterocycles. The van der Waals surface area contributed by atoms with Gasteiger partial charge in [-0.3, -0.25) is 4.90 Å². The number of rotatable bonds is 23. The van der Waals surface area contributed by atoms with Crippen molar-refractivity contribution in [3.8, 4) is 11.5 Å². The molecule has 3 aliphatic rings. The van der Waals surface area contributed by atoms with Gasteiger partial charge in [0.2, 0.25) is 5.79 Å². The average molecular weight is 763 g/mol. The van der Waals surface area contributed by atoms with Crippen molar-refractivity contribution < 1.29 is 48.6 Å². The Morgan fingerprint density at radius 1 is 0.982 bits per heavy atom. The van der Waals surface area contributed by atoms with Gasteiger partial charge in [0.1, 0.15) is 30.8 Å². The molecule has 1 aliphatic heterocycles. The molecule has 12 heteroatoms. The summed E-state index contributed by atoms with van der Waals surface area (Å²) in [7, 11) is 1.34. The third-order valence-corrected chi connectivity index (χ3v) is 10.8. The molecule has 55 heavy (non-hydrogen) atoms. The van der Waals surface area contributed by atoms with Crippen molar-refractivity contribution in [3.05, 3.63) is 96.6 Å². The molecule has 2 aromatic carbocycles. The summed E-state index contributed by atoms with van der Waals surface area (Å²) in [5.41, 5.74) is 3.52. The summed E-state index contributed by atoms with van der Waals surface area (Å²) in [5.74, 6) is -0.679. The first-order valence-electron chi connectivity index (χ1n) is 19.5. The van der Waals surface area contributed by atoms with Crippen LogP contribution in [0.5, 0.6) is 11.5 Å². The zero-order valence-electron chi connectivity index (χ0n) is 32.1. The highest BCUT2D eigenvalue weighted by molar-refractivity contribution is 6.03. The number of methoxy groups -OCH3 is 1. The van der Waals surface area contributed by atoms with E-state index < -0.39 is 23.8 Å². The molecule has 5 rings (SSSR count). The summed E-state index contributed by atoms with van der Waals surface area (Å²) in [5, 5.41) is 33.9. The van der Waals surface area contributed by atoms with Crippen LogP contribution in [-0.4, -0.2) is 104 Å². The fraction of sp³-hybridized carbons (Fsp3) is 0.535. The summed E-state index contributed by atoms with van der Waals surface area (Å²) >= 11 is 0. The lowest BCUT2D eigenvalue weighted by atomic mass is 9.55. The lowest BCUT2D eigenvalue weighted by Gasteiger charge is -2.59. The van der Waals surface area contributed by atoms with E-state index in [-0.39, 0.29) is 77.0 Å². The topological polar surface area (TPSA) is 149 Å². The summed E-state index contributed by atoms with van der Waals surface area (Å²) in [6.07, 6.45) is 9.90. The number of nitrogens with zero attached hydrogens (tertiary/aromatic N) is 2. The fourth-order valence-corrected chi connectivity index (χ4v) is 8.47. The number of allylic oxidation sites excluding steroid dienone is 1. The van der Waals surface area contributed by atoms with Crippen LogP contribution in [0.4, 0.5) is 4.79 Å². The van der Waals surface area contributed by atoms with E-state index in [0.29, 0.717) is 36.7 Å². The smallest absolute Gasteiger partial charge is 0.410 e. The predicted molar refractivity (Wildman–Crippen MR) is 209 cm³/mol. The van der Waals surface area contributed by atoms with Gasteiger partial charge < -0.3 is 43.8 Å². The Bertz CT molecular complexity index is 1600. The van der Waals surface area contributed by atoms with E-state index in [4.69, 9.17) is 33.7 Å². The van der Waals surface area contributed by atoms with Crippen molar-refractivity contribution in [2.24, 2.45) is 22.9 Å². The minimum atomic E-state index is -1.43. The van der Waals surface area contributed by atoms with Gasteiger partial charge in [-0.15, -0.1) is 6.58 Å². The second-order valence-corrected chi connectivity index (χ2v) is 14.1. The maximum atomic E-state index is 13.9. The summed E-state index contributed by atoms with van der Waals surface area (Å²) in [4.78, 5) is 21.6. The number of benzene rings is 2. The number of oxime groups is 1. The number of carbonyl (C=O) groups is 1. The van der Waals surface area contributed by atoms with Crippen LogP contribution in [0.15, 0.2) is 90.6 Å². The number of ether oxygens (including phenoxy) is 5. The number of amides is 1. The van der Waals surface area contributed by atoms with Crippen LogP contribution in [0.3, 0.4) is 0 Å². The number of hydrogen-bond acceptors (Lipinski definition) is 11. The number of fused-ring (bicyclic) bond motifs is 2. The number of aliphatic hydroxyl groups excluding tert-OH is 3. The monoisotopic (exact) mass is 762 g/mol. The van der Waals surface area contributed by atoms with E-state index in [2.05, 4.69) is 19.2 Å². The standard InChI is InChI=1S/C43H58N2O10/c1-4-23-52-33-17-18-38-36(28-33)40-34(16-10-12-21-47)32(15-9-11-20-46)27-35-37(44-54-30-31-13-7-6-8-14-31)29-39(43(55-38,41(35)40)53-24-5-2)45(42(49)50-3)19-25-51-26-22-48/h4-8,13-14,17-18,27-28,32,34,39-41,46-48H,1-2,9-12,15-16,19-26,29-30H2,3H3/t32-,34+,39-,40+,41+,43+/m0/s1. The second kappa shape index (κ2) is 21.2.